The number of benzene rings is 1. The Morgan fingerprint density at radius 3 is 2.55 bits per heavy atom. The molecule has 1 aromatic carbocycles. The highest BCUT2D eigenvalue weighted by atomic mass is 127. The van der Waals surface area contributed by atoms with Crippen LogP contribution in [-0.4, -0.2) is 42.7 Å². The highest BCUT2D eigenvalue weighted by Crippen LogP contribution is 2.27. The van der Waals surface area contributed by atoms with Gasteiger partial charge >= 0.3 is 12.8 Å². The maximum Gasteiger partial charge on any atom is 0.433 e. The number of anilines is 1. The first kappa shape index (κ1) is 26.6. The van der Waals surface area contributed by atoms with Crippen LogP contribution in [0.15, 0.2) is 35.5 Å². The van der Waals surface area contributed by atoms with Gasteiger partial charge in [0.2, 0.25) is 5.95 Å². The van der Waals surface area contributed by atoms with Gasteiger partial charge in [-0.3, -0.25) is 4.99 Å². The first-order valence-electron chi connectivity index (χ1n) is 8.82. The van der Waals surface area contributed by atoms with Gasteiger partial charge in [0.1, 0.15) is 11.4 Å². The van der Waals surface area contributed by atoms with Crippen LogP contribution in [0.5, 0.6) is 5.75 Å². The van der Waals surface area contributed by atoms with E-state index in [9.17, 15) is 22.0 Å². The van der Waals surface area contributed by atoms with E-state index < -0.39 is 18.5 Å². The molecule has 172 valence electrons. The molecule has 0 bridgehead atoms. The van der Waals surface area contributed by atoms with Crippen molar-refractivity contribution >= 4 is 35.9 Å². The summed E-state index contributed by atoms with van der Waals surface area (Å²) in [5.41, 5.74) is 0.362. The van der Waals surface area contributed by atoms with Crippen molar-refractivity contribution in [2.45, 2.75) is 26.3 Å². The van der Waals surface area contributed by atoms with Crippen molar-refractivity contribution in [3.8, 4) is 5.75 Å². The van der Waals surface area contributed by atoms with Crippen LogP contribution in [0, 0.1) is 6.92 Å². The number of aryl methyl sites for hydroxylation is 1. The second-order valence-corrected chi connectivity index (χ2v) is 6.03. The SMILES string of the molecule is CN=C(NCCNc1nccc(C(F)(F)F)n1)NCc1cc(C)ccc1OC(F)F.I. The molecule has 2 aromatic rings. The monoisotopic (exact) mass is 560 g/mol. The molecule has 0 aliphatic rings. The lowest BCUT2D eigenvalue weighted by Gasteiger charge is -2.15. The lowest BCUT2D eigenvalue weighted by atomic mass is 10.1. The first-order chi connectivity index (χ1) is 14.2. The van der Waals surface area contributed by atoms with Gasteiger partial charge in [-0.25, -0.2) is 9.97 Å². The van der Waals surface area contributed by atoms with Gasteiger partial charge in [-0.15, -0.1) is 24.0 Å². The molecule has 0 fully saturated rings. The number of hydrogen-bond acceptors (Lipinski definition) is 5. The van der Waals surface area contributed by atoms with Crippen molar-refractivity contribution in [1.82, 2.24) is 20.6 Å². The van der Waals surface area contributed by atoms with Crippen LogP contribution in [0.3, 0.4) is 0 Å². The van der Waals surface area contributed by atoms with Gasteiger partial charge in [-0.05, 0) is 19.1 Å². The van der Waals surface area contributed by atoms with Crippen LogP contribution in [0.4, 0.5) is 27.9 Å². The normalized spacial score (nSPS) is 11.7. The molecule has 0 saturated carbocycles. The molecule has 31 heavy (non-hydrogen) atoms. The molecule has 0 aliphatic heterocycles. The van der Waals surface area contributed by atoms with Crippen molar-refractivity contribution in [1.29, 1.82) is 0 Å². The Labute approximate surface area is 192 Å². The summed E-state index contributed by atoms with van der Waals surface area (Å²) in [6, 6.07) is 5.63. The largest absolute Gasteiger partial charge is 0.434 e. The standard InChI is InChI=1S/C18H21F5N6O.HI/c1-11-3-4-13(30-15(19)20)12(9-11)10-28-16(24-2)26-7-8-27-17-25-6-5-14(29-17)18(21,22)23;/h3-6,9,15H,7-8,10H2,1-2H3,(H2,24,26,28)(H,25,27,29);1H. The molecular weight excluding hydrogens is 538 g/mol. The number of aromatic nitrogens is 2. The third-order valence-corrected chi connectivity index (χ3v) is 3.75. The highest BCUT2D eigenvalue weighted by Gasteiger charge is 2.32. The Morgan fingerprint density at radius 1 is 1.16 bits per heavy atom. The summed E-state index contributed by atoms with van der Waals surface area (Å²) in [6.07, 6.45) is -3.53. The Bertz CT molecular complexity index is 866. The number of hydrogen-bond donors (Lipinski definition) is 3. The summed E-state index contributed by atoms with van der Waals surface area (Å²) in [6.45, 7) is -0.439. The number of guanidine groups is 1. The number of ether oxygens (including phenoxy) is 1. The molecule has 0 radical (unpaired) electrons. The van der Waals surface area contributed by atoms with Gasteiger partial charge in [-0.1, -0.05) is 17.7 Å². The lowest BCUT2D eigenvalue weighted by molar-refractivity contribution is -0.141. The molecule has 3 N–H and O–H groups in total. The van der Waals surface area contributed by atoms with Crippen LogP contribution < -0.4 is 20.7 Å². The Hall–Kier alpha value is -2.45. The number of rotatable bonds is 8. The summed E-state index contributed by atoms with van der Waals surface area (Å²) < 4.78 is 67.5. The summed E-state index contributed by atoms with van der Waals surface area (Å²) in [5.74, 6) is 0.274. The van der Waals surface area contributed by atoms with Gasteiger partial charge in [0.25, 0.3) is 0 Å². The number of alkyl halides is 5. The zero-order valence-corrected chi connectivity index (χ0v) is 19.0. The number of halogens is 6. The van der Waals surface area contributed by atoms with Crippen LogP contribution in [0.2, 0.25) is 0 Å². The predicted octanol–water partition coefficient (Wildman–Crippen LogP) is 3.80. The molecule has 0 unspecified atom stereocenters. The predicted molar refractivity (Wildman–Crippen MR) is 117 cm³/mol. The Balaban J connectivity index is 0.00000480. The zero-order chi connectivity index (χ0) is 22.1. The number of nitrogens with zero attached hydrogens (tertiary/aromatic N) is 3. The molecule has 0 spiro atoms. The molecule has 0 saturated heterocycles. The van der Waals surface area contributed by atoms with Crippen LogP contribution in [0.1, 0.15) is 16.8 Å². The number of nitrogens with one attached hydrogen (secondary N) is 3. The fourth-order valence-electron chi connectivity index (χ4n) is 2.41. The van der Waals surface area contributed by atoms with Crippen molar-refractivity contribution in [2.75, 3.05) is 25.5 Å². The van der Waals surface area contributed by atoms with E-state index in [0.29, 0.717) is 11.5 Å². The van der Waals surface area contributed by atoms with E-state index in [-0.39, 0.29) is 55.3 Å². The lowest BCUT2D eigenvalue weighted by Crippen LogP contribution is -2.39. The van der Waals surface area contributed by atoms with E-state index in [2.05, 4.69) is 35.6 Å². The third-order valence-electron chi connectivity index (χ3n) is 3.75. The van der Waals surface area contributed by atoms with E-state index in [1.54, 1.807) is 12.1 Å². The molecule has 0 atom stereocenters. The fraction of sp³-hybridized carbons (Fsp3) is 0.389. The van der Waals surface area contributed by atoms with Crippen molar-refractivity contribution in [3.63, 3.8) is 0 Å². The molecule has 2 rings (SSSR count). The van der Waals surface area contributed by atoms with Gasteiger partial charge < -0.3 is 20.7 Å². The van der Waals surface area contributed by atoms with Gasteiger partial charge in [0.05, 0.1) is 0 Å². The summed E-state index contributed by atoms with van der Waals surface area (Å²) in [4.78, 5) is 11.1. The average Bonchev–Trinajstić information content (AvgIpc) is 2.68. The molecule has 0 aliphatic carbocycles. The minimum absolute atomic E-state index is 0. The van der Waals surface area contributed by atoms with E-state index in [0.717, 1.165) is 17.8 Å². The molecule has 1 heterocycles. The molecule has 7 nitrogen and oxygen atoms in total. The quantitative estimate of drug-likeness (QED) is 0.150. The molecule has 13 heteroatoms. The third kappa shape index (κ3) is 9.06. The summed E-state index contributed by atoms with van der Waals surface area (Å²) >= 11 is 0. The van der Waals surface area contributed by atoms with Crippen molar-refractivity contribution in [3.05, 3.63) is 47.3 Å². The summed E-state index contributed by atoms with van der Waals surface area (Å²) in [7, 11) is 1.52. The van der Waals surface area contributed by atoms with E-state index in [1.807, 2.05) is 6.92 Å². The van der Waals surface area contributed by atoms with E-state index in [1.165, 1.54) is 13.1 Å². The minimum atomic E-state index is -4.55. The smallest absolute Gasteiger partial charge is 0.433 e. The highest BCUT2D eigenvalue weighted by molar-refractivity contribution is 14.0. The van der Waals surface area contributed by atoms with Crippen LogP contribution in [0.25, 0.3) is 0 Å². The summed E-state index contributed by atoms with van der Waals surface area (Å²) in [5, 5.41) is 8.58. The average molecular weight is 560 g/mol. The van der Waals surface area contributed by atoms with Gasteiger partial charge in [0, 0.05) is 38.4 Å². The van der Waals surface area contributed by atoms with E-state index >= 15 is 0 Å². The second-order valence-electron chi connectivity index (χ2n) is 6.03. The first-order valence-corrected chi connectivity index (χ1v) is 8.82. The van der Waals surface area contributed by atoms with Crippen LogP contribution >= 0.6 is 24.0 Å². The van der Waals surface area contributed by atoms with Crippen molar-refractivity contribution < 1.29 is 26.7 Å². The van der Waals surface area contributed by atoms with Gasteiger partial charge in [-0.2, -0.15) is 22.0 Å². The zero-order valence-electron chi connectivity index (χ0n) is 16.6. The van der Waals surface area contributed by atoms with Crippen molar-refractivity contribution in [2.24, 2.45) is 4.99 Å². The Morgan fingerprint density at radius 2 is 1.90 bits per heavy atom. The van der Waals surface area contributed by atoms with E-state index in [4.69, 9.17) is 0 Å². The molecule has 1 aromatic heterocycles. The maximum absolute atomic E-state index is 12.7. The van der Waals surface area contributed by atoms with Crippen LogP contribution in [-0.2, 0) is 12.7 Å². The fourth-order valence-corrected chi connectivity index (χ4v) is 2.41. The minimum Gasteiger partial charge on any atom is -0.434 e. The number of aliphatic imine (C=N–C) groups is 1. The second kappa shape index (κ2) is 12.4. The Kier molecular flexibility index (Phi) is 10.6. The topological polar surface area (TPSA) is 83.5 Å². The molecule has 0 amide bonds. The molecular formula is C18H22F5IN6O. The van der Waals surface area contributed by atoms with Gasteiger partial charge in [0.15, 0.2) is 5.96 Å². The maximum atomic E-state index is 12.7.